The van der Waals surface area contributed by atoms with Gasteiger partial charge in [-0.3, -0.25) is 9.10 Å². The monoisotopic (exact) mass is 480 g/mol. The number of carbonyl (C=O) groups is 1. The molecule has 0 saturated heterocycles. The highest BCUT2D eigenvalue weighted by atomic mass is 35.5. The molecule has 3 rings (SSSR count). The molecule has 1 saturated carbocycles. The molecule has 174 valence electrons. The van der Waals surface area contributed by atoms with Crippen LogP contribution in [-0.4, -0.2) is 41.1 Å². The fourth-order valence-electron chi connectivity index (χ4n) is 3.88. The third-order valence-electron chi connectivity index (χ3n) is 5.57. The molecule has 2 aromatic rings. The van der Waals surface area contributed by atoms with Gasteiger partial charge >= 0.3 is 0 Å². The number of nitrogens with one attached hydrogen (secondary N) is 1. The summed E-state index contributed by atoms with van der Waals surface area (Å²) in [5.41, 5.74) is 1.02. The summed E-state index contributed by atoms with van der Waals surface area (Å²) in [7, 11) is -1.26. The Labute approximate surface area is 194 Å². The van der Waals surface area contributed by atoms with E-state index in [1.54, 1.807) is 31.2 Å². The van der Waals surface area contributed by atoms with Gasteiger partial charge in [0.05, 0.1) is 24.9 Å². The van der Waals surface area contributed by atoms with E-state index in [4.69, 9.17) is 21.1 Å². The van der Waals surface area contributed by atoms with Gasteiger partial charge in [-0.2, -0.15) is 0 Å². The molecule has 0 atom stereocenters. The minimum Gasteiger partial charge on any atom is -0.495 e. The van der Waals surface area contributed by atoms with Crippen LogP contribution in [0.5, 0.6) is 11.5 Å². The van der Waals surface area contributed by atoms with Crippen LogP contribution < -0.4 is 19.1 Å². The van der Waals surface area contributed by atoms with Crippen LogP contribution in [0, 0.1) is 6.92 Å². The van der Waals surface area contributed by atoms with Crippen molar-refractivity contribution >= 4 is 33.2 Å². The van der Waals surface area contributed by atoms with Crippen LogP contribution in [0.1, 0.15) is 37.7 Å². The van der Waals surface area contributed by atoms with Crippen LogP contribution in [0.25, 0.3) is 0 Å². The summed E-state index contributed by atoms with van der Waals surface area (Å²) >= 11 is 6.27. The van der Waals surface area contributed by atoms with Gasteiger partial charge in [0.25, 0.3) is 10.0 Å². The lowest BCUT2D eigenvalue weighted by molar-refractivity contribution is -0.120. The van der Waals surface area contributed by atoms with Crippen LogP contribution in [0.15, 0.2) is 41.3 Å². The number of nitrogens with zero attached hydrogens (tertiary/aromatic N) is 1. The first-order valence-corrected chi connectivity index (χ1v) is 12.4. The van der Waals surface area contributed by atoms with Crippen LogP contribution in [0.3, 0.4) is 0 Å². The molecule has 1 aliphatic rings. The smallest absolute Gasteiger partial charge is 0.268 e. The van der Waals surface area contributed by atoms with Crippen molar-refractivity contribution in [2.24, 2.45) is 0 Å². The van der Waals surface area contributed by atoms with Crippen molar-refractivity contribution in [3.05, 3.63) is 47.0 Å². The van der Waals surface area contributed by atoms with E-state index in [9.17, 15) is 13.2 Å². The lowest BCUT2D eigenvalue weighted by Crippen LogP contribution is -2.45. The third kappa shape index (κ3) is 5.48. The maximum Gasteiger partial charge on any atom is 0.268 e. The van der Waals surface area contributed by atoms with E-state index in [1.165, 1.54) is 26.4 Å². The number of hydrogen-bond donors (Lipinski definition) is 1. The molecule has 32 heavy (non-hydrogen) atoms. The second kappa shape index (κ2) is 10.4. The normalized spacial score (nSPS) is 14.6. The summed E-state index contributed by atoms with van der Waals surface area (Å²) in [5, 5.41) is 3.23. The number of sulfonamides is 1. The summed E-state index contributed by atoms with van der Waals surface area (Å²) in [6, 6.07) is 9.59. The number of carbonyl (C=O) groups excluding carboxylic acids is 1. The zero-order chi connectivity index (χ0) is 23.3. The average Bonchev–Trinajstić information content (AvgIpc) is 2.78. The number of ether oxygens (including phenoxy) is 2. The van der Waals surface area contributed by atoms with E-state index in [0.717, 1.165) is 42.0 Å². The van der Waals surface area contributed by atoms with Gasteiger partial charge in [0.2, 0.25) is 5.91 Å². The molecule has 1 N–H and O–H groups in total. The van der Waals surface area contributed by atoms with Gasteiger partial charge < -0.3 is 14.8 Å². The predicted molar refractivity (Wildman–Crippen MR) is 125 cm³/mol. The van der Waals surface area contributed by atoms with E-state index in [2.05, 4.69) is 5.32 Å². The number of anilines is 1. The Kier molecular flexibility index (Phi) is 7.90. The van der Waals surface area contributed by atoms with Gasteiger partial charge in [-0.25, -0.2) is 8.42 Å². The summed E-state index contributed by atoms with van der Waals surface area (Å²) < 4.78 is 39.1. The van der Waals surface area contributed by atoms with Crippen molar-refractivity contribution < 1.29 is 22.7 Å². The third-order valence-corrected chi connectivity index (χ3v) is 7.66. The second-order valence-electron chi connectivity index (χ2n) is 7.89. The second-order valence-corrected chi connectivity index (χ2v) is 10.1. The predicted octanol–water partition coefficient (Wildman–Crippen LogP) is 4.31. The Hall–Kier alpha value is -2.45. The van der Waals surface area contributed by atoms with Crippen LogP contribution in [0.4, 0.5) is 5.69 Å². The van der Waals surface area contributed by atoms with Gasteiger partial charge in [0, 0.05) is 6.04 Å². The van der Waals surface area contributed by atoms with E-state index in [0.29, 0.717) is 5.75 Å². The van der Waals surface area contributed by atoms with E-state index in [1.807, 2.05) is 0 Å². The Balaban J connectivity index is 2.00. The highest BCUT2D eigenvalue weighted by Crippen LogP contribution is 2.34. The fourth-order valence-corrected chi connectivity index (χ4v) is 5.79. The minimum atomic E-state index is -4.14. The molecule has 1 fully saturated rings. The average molecular weight is 481 g/mol. The molecule has 0 aromatic heterocycles. The quantitative estimate of drug-likeness (QED) is 0.608. The zero-order valence-corrected chi connectivity index (χ0v) is 20.1. The van der Waals surface area contributed by atoms with Crippen molar-refractivity contribution in [1.82, 2.24) is 5.32 Å². The lowest BCUT2D eigenvalue weighted by atomic mass is 9.95. The molecular formula is C23H29ClN2O5S. The molecule has 1 amide bonds. The van der Waals surface area contributed by atoms with Crippen LogP contribution in [-0.2, 0) is 14.8 Å². The molecule has 7 nitrogen and oxygen atoms in total. The van der Waals surface area contributed by atoms with Crippen molar-refractivity contribution in [3.8, 4) is 11.5 Å². The molecule has 0 bridgehead atoms. The van der Waals surface area contributed by atoms with E-state index >= 15 is 0 Å². The minimum absolute atomic E-state index is 0.0163. The first-order chi connectivity index (χ1) is 15.3. The molecule has 0 heterocycles. The maximum absolute atomic E-state index is 13.7. The lowest BCUT2D eigenvalue weighted by Gasteiger charge is -2.28. The largest absolute Gasteiger partial charge is 0.495 e. The van der Waals surface area contributed by atoms with Crippen LogP contribution >= 0.6 is 11.6 Å². The molecule has 0 aliphatic heterocycles. The number of halogens is 1. The van der Waals surface area contributed by atoms with Crippen molar-refractivity contribution in [3.63, 3.8) is 0 Å². The number of rotatable bonds is 8. The molecular weight excluding hydrogens is 452 g/mol. The van der Waals surface area contributed by atoms with Crippen molar-refractivity contribution in [2.45, 2.75) is 50.0 Å². The molecule has 0 unspecified atom stereocenters. The van der Waals surface area contributed by atoms with Crippen molar-refractivity contribution in [1.29, 1.82) is 0 Å². The Morgan fingerprint density at radius 2 is 1.72 bits per heavy atom. The maximum atomic E-state index is 13.7. The highest BCUT2D eigenvalue weighted by Gasteiger charge is 2.31. The van der Waals surface area contributed by atoms with Gasteiger partial charge in [0.15, 0.2) is 0 Å². The summed E-state index contributed by atoms with van der Waals surface area (Å²) in [5.74, 6) is 0.250. The highest BCUT2D eigenvalue weighted by molar-refractivity contribution is 7.93. The zero-order valence-electron chi connectivity index (χ0n) is 18.6. The molecule has 0 spiro atoms. The number of amides is 1. The Morgan fingerprint density at radius 1 is 1.06 bits per heavy atom. The standard InChI is InChI=1S/C23H29ClN2O5S/c1-16-9-11-21(31-3)22(13-16)32(28,29)26(18-10-12-20(30-2)19(24)14-18)15-23(27)25-17-7-5-4-6-8-17/h9-14,17H,4-8,15H2,1-3H3,(H,25,27). The number of benzene rings is 2. The summed E-state index contributed by atoms with van der Waals surface area (Å²) in [6.07, 6.45) is 5.07. The fraction of sp³-hybridized carbons (Fsp3) is 0.435. The molecule has 0 radical (unpaired) electrons. The molecule has 9 heteroatoms. The SMILES string of the molecule is COc1ccc(N(CC(=O)NC2CCCCC2)S(=O)(=O)c2cc(C)ccc2OC)cc1Cl. The van der Waals surface area contributed by atoms with Gasteiger partial charge in [-0.15, -0.1) is 0 Å². The summed E-state index contributed by atoms with van der Waals surface area (Å²) in [6.45, 7) is 1.42. The molecule has 2 aromatic carbocycles. The first kappa shape index (κ1) is 24.2. The number of aryl methyl sites for hydroxylation is 1. The Morgan fingerprint density at radius 3 is 2.34 bits per heavy atom. The van der Waals surface area contributed by atoms with E-state index < -0.39 is 10.0 Å². The Bertz CT molecular complexity index is 1070. The van der Waals surface area contributed by atoms with Crippen molar-refractivity contribution in [2.75, 3.05) is 25.1 Å². The number of methoxy groups -OCH3 is 2. The summed E-state index contributed by atoms with van der Waals surface area (Å²) in [4.78, 5) is 12.9. The first-order valence-electron chi connectivity index (χ1n) is 10.6. The van der Waals surface area contributed by atoms with Gasteiger partial charge in [0.1, 0.15) is 22.9 Å². The number of hydrogen-bond acceptors (Lipinski definition) is 5. The van der Waals surface area contributed by atoms with E-state index in [-0.39, 0.29) is 39.8 Å². The molecule has 1 aliphatic carbocycles. The van der Waals surface area contributed by atoms with Gasteiger partial charge in [-0.1, -0.05) is 36.9 Å². The van der Waals surface area contributed by atoms with Crippen LogP contribution in [0.2, 0.25) is 5.02 Å². The van der Waals surface area contributed by atoms with Gasteiger partial charge in [-0.05, 0) is 55.7 Å². The topological polar surface area (TPSA) is 84.9 Å².